The molecule has 0 bridgehead atoms. The van der Waals surface area contributed by atoms with Crippen molar-refractivity contribution in [3.8, 4) is 0 Å². The third kappa shape index (κ3) is 3.43. The van der Waals surface area contributed by atoms with Crippen LogP contribution in [0.1, 0.15) is 15.9 Å². The van der Waals surface area contributed by atoms with Gasteiger partial charge in [0.15, 0.2) is 0 Å². The summed E-state index contributed by atoms with van der Waals surface area (Å²) in [5.74, 6) is -1.22. The first kappa shape index (κ1) is 15.1. The standard InChI is InChI=1S/C14H10BrFN2O3/c1-8-2-3-9(6-11(8)15)14(19)17-12-7-10(16)4-5-13(12)18(20)21/h2-7H,1H3,(H,17,19). The van der Waals surface area contributed by atoms with Crippen molar-refractivity contribution in [3.05, 3.63) is 67.9 Å². The van der Waals surface area contributed by atoms with Crippen molar-refractivity contribution in [1.82, 2.24) is 0 Å². The molecule has 0 unspecified atom stereocenters. The lowest BCUT2D eigenvalue weighted by Crippen LogP contribution is -2.13. The van der Waals surface area contributed by atoms with Crippen LogP contribution in [0.25, 0.3) is 0 Å². The van der Waals surface area contributed by atoms with Gasteiger partial charge < -0.3 is 5.32 Å². The summed E-state index contributed by atoms with van der Waals surface area (Å²) in [6.45, 7) is 1.86. The van der Waals surface area contributed by atoms with Crippen LogP contribution in [-0.4, -0.2) is 10.8 Å². The Morgan fingerprint density at radius 1 is 1.29 bits per heavy atom. The van der Waals surface area contributed by atoms with Crippen molar-refractivity contribution in [1.29, 1.82) is 0 Å². The highest BCUT2D eigenvalue weighted by Crippen LogP contribution is 2.26. The van der Waals surface area contributed by atoms with E-state index in [-0.39, 0.29) is 11.4 Å². The summed E-state index contributed by atoms with van der Waals surface area (Å²) in [5.41, 5.74) is 0.715. The normalized spacial score (nSPS) is 10.2. The van der Waals surface area contributed by atoms with Gasteiger partial charge in [-0.15, -0.1) is 0 Å². The maximum Gasteiger partial charge on any atom is 0.292 e. The van der Waals surface area contributed by atoms with E-state index >= 15 is 0 Å². The van der Waals surface area contributed by atoms with Gasteiger partial charge in [0, 0.05) is 22.2 Å². The first-order chi connectivity index (χ1) is 9.88. The number of anilines is 1. The first-order valence-corrected chi connectivity index (χ1v) is 6.69. The van der Waals surface area contributed by atoms with E-state index in [1.807, 2.05) is 6.92 Å². The fourth-order valence-electron chi connectivity index (χ4n) is 1.70. The van der Waals surface area contributed by atoms with Gasteiger partial charge in [-0.25, -0.2) is 4.39 Å². The SMILES string of the molecule is Cc1ccc(C(=O)Nc2cc(F)ccc2[N+](=O)[O-])cc1Br. The van der Waals surface area contributed by atoms with Gasteiger partial charge in [-0.3, -0.25) is 14.9 Å². The summed E-state index contributed by atoms with van der Waals surface area (Å²) in [7, 11) is 0. The van der Waals surface area contributed by atoms with Crippen LogP contribution in [0.4, 0.5) is 15.8 Å². The molecule has 0 aromatic heterocycles. The molecule has 2 rings (SSSR count). The van der Waals surface area contributed by atoms with E-state index in [1.54, 1.807) is 18.2 Å². The van der Waals surface area contributed by atoms with Crippen LogP contribution in [0.2, 0.25) is 0 Å². The van der Waals surface area contributed by atoms with Crippen LogP contribution in [0.15, 0.2) is 40.9 Å². The molecule has 0 aliphatic heterocycles. The molecule has 21 heavy (non-hydrogen) atoms. The topological polar surface area (TPSA) is 72.2 Å². The number of rotatable bonds is 3. The number of hydrogen-bond acceptors (Lipinski definition) is 3. The lowest BCUT2D eigenvalue weighted by Gasteiger charge is -2.07. The highest BCUT2D eigenvalue weighted by Gasteiger charge is 2.17. The summed E-state index contributed by atoms with van der Waals surface area (Å²) in [6.07, 6.45) is 0. The molecule has 1 N–H and O–H groups in total. The predicted molar refractivity (Wildman–Crippen MR) is 79.9 cm³/mol. The van der Waals surface area contributed by atoms with E-state index in [4.69, 9.17) is 0 Å². The molecule has 0 atom stereocenters. The molecule has 5 nitrogen and oxygen atoms in total. The molecule has 108 valence electrons. The molecule has 7 heteroatoms. The van der Waals surface area contributed by atoms with Crippen molar-refractivity contribution in [2.75, 3.05) is 5.32 Å². The first-order valence-electron chi connectivity index (χ1n) is 5.90. The highest BCUT2D eigenvalue weighted by molar-refractivity contribution is 9.10. The number of carbonyl (C=O) groups excluding carboxylic acids is 1. The molecule has 1 amide bonds. The van der Waals surface area contributed by atoms with Crippen molar-refractivity contribution in [2.24, 2.45) is 0 Å². The molecule has 0 fully saturated rings. The van der Waals surface area contributed by atoms with Gasteiger partial charge in [0.25, 0.3) is 11.6 Å². The average molecular weight is 353 g/mol. The van der Waals surface area contributed by atoms with E-state index in [0.29, 0.717) is 5.56 Å². The van der Waals surface area contributed by atoms with Crippen molar-refractivity contribution in [2.45, 2.75) is 6.92 Å². The van der Waals surface area contributed by atoms with Gasteiger partial charge in [-0.1, -0.05) is 22.0 Å². The van der Waals surface area contributed by atoms with Crippen LogP contribution < -0.4 is 5.32 Å². The molecule has 0 aliphatic carbocycles. The number of nitro benzene ring substituents is 1. The van der Waals surface area contributed by atoms with E-state index in [1.165, 1.54) is 0 Å². The van der Waals surface area contributed by atoms with E-state index in [0.717, 1.165) is 28.2 Å². The number of aryl methyl sites for hydroxylation is 1. The third-order valence-electron chi connectivity index (χ3n) is 2.84. The summed E-state index contributed by atoms with van der Waals surface area (Å²) < 4.78 is 13.9. The maximum atomic E-state index is 13.2. The zero-order chi connectivity index (χ0) is 15.6. The van der Waals surface area contributed by atoms with Gasteiger partial charge in [0.2, 0.25) is 0 Å². The minimum absolute atomic E-state index is 0.179. The van der Waals surface area contributed by atoms with Crippen molar-refractivity contribution >= 4 is 33.2 Å². The van der Waals surface area contributed by atoms with Crippen molar-refractivity contribution < 1.29 is 14.1 Å². The number of nitro groups is 1. The van der Waals surface area contributed by atoms with E-state index in [2.05, 4.69) is 21.2 Å². The highest BCUT2D eigenvalue weighted by atomic mass is 79.9. The fourth-order valence-corrected chi connectivity index (χ4v) is 2.07. The number of amides is 1. The lowest BCUT2D eigenvalue weighted by molar-refractivity contribution is -0.384. The van der Waals surface area contributed by atoms with Gasteiger partial charge in [-0.05, 0) is 30.7 Å². The largest absolute Gasteiger partial charge is 0.316 e. The second-order valence-corrected chi connectivity index (χ2v) is 5.19. The van der Waals surface area contributed by atoms with E-state index < -0.39 is 16.6 Å². The van der Waals surface area contributed by atoms with Crippen molar-refractivity contribution in [3.63, 3.8) is 0 Å². The third-order valence-corrected chi connectivity index (χ3v) is 3.69. The number of nitrogens with one attached hydrogen (secondary N) is 1. The molecule has 2 aromatic rings. The minimum atomic E-state index is -0.680. The Labute approximate surface area is 128 Å². The lowest BCUT2D eigenvalue weighted by atomic mass is 10.1. The average Bonchev–Trinajstić information content (AvgIpc) is 2.41. The Bertz CT molecular complexity index is 734. The summed E-state index contributed by atoms with van der Waals surface area (Å²) in [6, 6.07) is 7.81. The van der Waals surface area contributed by atoms with Gasteiger partial charge in [0.1, 0.15) is 11.5 Å². The molecular weight excluding hydrogens is 343 g/mol. The molecular formula is C14H10BrFN2O3. The van der Waals surface area contributed by atoms with Crippen LogP contribution in [-0.2, 0) is 0 Å². The summed E-state index contributed by atoms with van der Waals surface area (Å²) >= 11 is 3.30. The number of nitrogens with zero attached hydrogens (tertiary/aromatic N) is 1. The second kappa shape index (κ2) is 6.01. The van der Waals surface area contributed by atoms with Crippen LogP contribution >= 0.6 is 15.9 Å². The molecule has 0 aliphatic rings. The quantitative estimate of drug-likeness (QED) is 0.668. The Balaban J connectivity index is 2.33. The predicted octanol–water partition coefficient (Wildman–Crippen LogP) is 4.06. The van der Waals surface area contributed by atoms with Gasteiger partial charge >= 0.3 is 0 Å². The van der Waals surface area contributed by atoms with Crippen LogP contribution in [0.5, 0.6) is 0 Å². The molecule has 2 aromatic carbocycles. The molecule has 0 radical (unpaired) electrons. The number of hydrogen-bond donors (Lipinski definition) is 1. The van der Waals surface area contributed by atoms with Crippen LogP contribution in [0, 0.1) is 22.9 Å². The van der Waals surface area contributed by atoms with E-state index in [9.17, 15) is 19.3 Å². The monoisotopic (exact) mass is 352 g/mol. The number of benzene rings is 2. The fraction of sp³-hybridized carbons (Fsp3) is 0.0714. The summed E-state index contributed by atoms with van der Waals surface area (Å²) in [4.78, 5) is 22.3. The van der Waals surface area contributed by atoms with Gasteiger partial charge in [0.05, 0.1) is 4.92 Å². The zero-order valence-electron chi connectivity index (χ0n) is 10.9. The van der Waals surface area contributed by atoms with Gasteiger partial charge in [-0.2, -0.15) is 0 Å². The second-order valence-electron chi connectivity index (χ2n) is 4.34. The Hall–Kier alpha value is -2.28. The van der Waals surface area contributed by atoms with Crippen LogP contribution in [0.3, 0.4) is 0 Å². The Morgan fingerprint density at radius 2 is 2.00 bits per heavy atom. The maximum absolute atomic E-state index is 13.2. The summed E-state index contributed by atoms with van der Waals surface area (Å²) in [5, 5.41) is 13.2. The molecule has 0 saturated heterocycles. The number of halogens is 2. The smallest absolute Gasteiger partial charge is 0.292 e. The Morgan fingerprint density at radius 3 is 2.62 bits per heavy atom. The molecule has 0 saturated carbocycles. The molecule has 0 heterocycles. The minimum Gasteiger partial charge on any atom is -0.316 e. The number of carbonyl (C=O) groups is 1. The Kier molecular flexibility index (Phi) is 4.32. The zero-order valence-corrected chi connectivity index (χ0v) is 12.5. The molecule has 0 spiro atoms.